The van der Waals surface area contributed by atoms with Crippen LogP contribution in [0.5, 0.6) is 0 Å². The smallest absolute Gasteiger partial charge is 0.104 e. The topological polar surface area (TPSA) is 60.0 Å². The van der Waals surface area contributed by atoms with Crippen molar-refractivity contribution in [2.45, 2.75) is 67.0 Å². The van der Waals surface area contributed by atoms with Crippen LogP contribution in [0.3, 0.4) is 0 Å². The van der Waals surface area contributed by atoms with Gasteiger partial charge in [0.1, 0.15) is 13.1 Å². The van der Waals surface area contributed by atoms with Crippen molar-refractivity contribution < 1.29 is 21.3 Å². The molecule has 9 rings (SSSR count). The Hall–Kier alpha value is -4.06. The number of hydrogen-bond acceptors (Lipinski definition) is 2. The van der Waals surface area contributed by atoms with Crippen LogP contribution in [0.25, 0.3) is 0 Å². The molecule has 4 heteroatoms. The number of hydrogen-bond donors (Lipinski definition) is 0. The van der Waals surface area contributed by atoms with E-state index >= 15 is 0 Å². The van der Waals surface area contributed by atoms with E-state index in [1.165, 1.54) is 50.1 Å². The van der Waals surface area contributed by atoms with Gasteiger partial charge in [-0.1, -0.05) is 152 Å². The van der Waals surface area contributed by atoms with Crippen LogP contribution in [-0.2, 0) is 38.8 Å². The van der Waals surface area contributed by atoms with Crippen molar-refractivity contribution in [3.05, 3.63) is 177 Å². The predicted octanol–water partition coefficient (Wildman–Crippen LogP) is 10.5. The monoisotopic (exact) mass is 682 g/mol. The van der Waals surface area contributed by atoms with Crippen molar-refractivity contribution in [1.29, 1.82) is 0 Å². The highest BCUT2D eigenvalue weighted by molar-refractivity contribution is 5.29. The summed E-state index contributed by atoms with van der Waals surface area (Å²) in [4.78, 5) is 0. The molecule has 50 heavy (non-hydrogen) atoms. The van der Waals surface area contributed by atoms with E-state index in [-0.39, 0.29) is 19.8 Å². The second-order valence-electron chi connectivity index (χ2n) is 15.2. The first kappa shape index (κ1) is 45.9. The van der Waals surface area contributed by atoms with Crippen LogP contribution in [0, 0.1) is 20.8 Å². The van der Waals surface area contributed by atoms with E-state index in [1.807, 2.05) is 18.2 Å². The first-order chi connectivity index (χ1) is 22.2. The van der Waals surface area contributed by atoms with Gasteiger partial charge in [0.2, 0.25) is 0 Å². The zero-order chi connectivity index (χ0) is 34.3. The number of nitrogens with zero attached hydrogens (tertiary/aromatic N) is 2. The molecule has 4 bridgehead atoms. The van der Waals surface area contributed by atoms with Gasteiger partial charge in [-0.25, -0.2) is 0 Å². The van der Waals surface area contributed by atoms with Crippen LogP contribution in [0.4, 0.5) is 0 Å². The van der Waals surface area contributed by atoms with E-state index in [4.69, 9.17) is 0 Å². The maximum atomic E-state index is 2.28. The van der Waals surface area contributed by atoms with Crippen LogP contribution in [0.15, 0.2) is 127 Å². The summed E-state index contributed by atoms with van der Waals surface area (Å²) in [6.07, 6.45) is 4.61. The summed E-state index contributed by atoms with van der Waals surface area (Å²) in [5, 5.41) is 0. The van der Waals surface area contributed by atoms with E-state index in [0.717, 1.165) is 47.7 Å². The normalized spacial score (nSPS) is 11.5. The molecule has 0 amide bonds. The van der Waals surface area contributed by atoms with Crippen molar-refractivity contribution >= 4 is 0 Å². The first-order valence-corrected chi connectivity index (χ1v) is 17.1. The Kier molecular flexibility index (Phi) is 20.8. The Balaban J connectivity index is 0. The van der Waals surface area contributed by atoms with Crippen LogP contribution in [0.2, 0.25) is 0 Å². The van der Waals surface area contributed by atoms with Gasteiger partial charge in [0.05, 0.1) is 42.3 Å². The van der Waals surface area contributed by atoms with Crippen molar-refractivity contribution in [3.8, 4) is 0 Å². The summed E-state index contributed by atoms with van der Waals surface area (Å²) in [6, 6.07) is 46.0. The Bertz CT molecular complexity index is 1420. The van der Waals surface area contributed by atoms with Crippen LogP contribution >= 0.6 is 0 Å². The number of rotatable bonds is 4. The molecular weight excluding hydrogens is 613 g/mol. The SMILES string of the molecule is C.Cc1ccc(C[N+](C)(C)C)cc1.Cc1ccc(C[N+](C)(C)C)cc1.Cc1ccccc1.[2HH].[OH-].[OH-].c1cc2ccc1CCc1ccc(cc1)CC2. The third kappa shape index (κ3) is 19.8. The van der Waals surface area contributed by atoms with E-state index in [0.29, 0.717) is 0 Å². The quantitative estimate of drug-likeness (QED) is 0.177. The average Bonchev–Trinajstić information content (AvgIpc) is 3.01. The fourth-order valence-corrected chi connectivity index (χ4v) is 5.34. The highest BCUT2D eigenvalue weighted by atomic mass is 16.0. The van der Waals surface area contributed by atoms with Crippen molar-refractivity contribution in [2.75, 3.05) is 42.3 Å². The molecule has 0 fully saturated rings. The summed E-state index contributed by atoms with van der Waals surface area (Å²) < 4.78 is 1.98. The third-order valence-electron chi connectivity index (χ3n) is 7.95. The minimum Gasteiger partial charge on any atom is -0.870 e. The van der Waals surface area contributed by atoms with Gasteiger partial charge < -0.3 is 19.9 Å². The van der Waals surface area contributed by atoms with E-state index in [2.05, 4.69) is 172 Å². The summed E-state index contributed by atoms with van der Waals surface area (Å²) >= 11 is 0. The van der Waals surface area contributed by atoms with Gasteiger partial charge in [0.15, 0.2) is 0 Å². The second-order valence-corrected chi connectivity index (χ2v) is 15.2. The number of benzene rings is 5. The van der Waals surface area contributed by atoms with Crippen molar-refractivity contribution in [2.24, 2.45) is 0 Å². The molecule has 0 aliphatic heterocycles. The summed E-state index contributed by atoms with van der Waals surface area (Å²) in [5.74, 6) is 0. The van der Waals surface area contributed by atoms with Gasteiger partial charge in [-0.15, -0.1) is 0 Å². The molecule has 2 N–H and O–H groups in total. The Morgan fingerprint density at radius 1 is 0.380 bits per heavy atom. The average molecular weight is 682 g/mol. The van der Waals surface area contributed by atoms with Crippen LogP contribution in [-0.4, -0.2) is 62.2 Å². The fraction of sp³-hybridized carbons (Fsp3) is 0.348. The number of aryl methyl sites for hydroxylation is 7. The van der Waals surface area contributed by atoms with E-state index < -0.39 is 0 Å². The lowest BCUT2D eigenvalue weighted by molar-refractivity contribution is -0.884. The van der Waals surface area contributed by atoms with Gasteiger partial charge in [-0.2, -0.15) is 0 Å². The lowest BCUT2D eigenvalue weighted by Crippen LogP contribution is -2.33. The standard InChI is InChI=1S/C16H16.2C11H18N.C7H8.CH4.2H2O.H2/c1-2-14-4-3-13(1)9-10-15-5-7-16(8-6-15)12-11-14;2*1-10-5-7-11(8-6-10)9-12(2,3)4;1-7-5-3-2-4-6-7;;;;/h1-8H,9-12H2;2*5-8H,9H2,1-4H3;2-6H,1H3;1H4;2*1H2;1H/q;2*+1;;;;;/p-2/i;;;;;;;1+1. The van der Waals surface area contributed by atoms with Gasteiger partial charge in [-0.3, -0.25) is 0 Å². The molecule has 5 aromatic rings. The lowest BCUT2D eigenvalue weighted by Gasteiger charge is -2.23. The molecular formula is C46H68N2O2. The molecule has 0 aromatic heterocycles. The fourth-order valence-electron chi connectivity index (χ4n) is 5.34. The highest BCUT2D eigenvalue weighted by Crippen LogP contribution is 2.15. The molecule has 4 nitrogen and oxygen atoms in total. The molecule has 0 unspecified atom stereocenters. The van der Waals surface area contributed by atoms with Crippen LogP contribution in [0.1, 0.15) is 58.9 Å². The molecule has 274 valence electrons. The largest absolute Gasteiger partial charge is 0.870 e. The molecule has 0 heterocycles. The van der Waals surface area contributed by atoms with Gasteiger partial charge >= 0.3 is 0 Å². The van der Waals surface area contributed by atoms with Crippen molar-refractivity contribution in [3.63, 3.8) is 0 Å². The number of quaternary nitrogens is 2. The van der Waals surface area contributed by atoms with E-state index in [1.54, 1.807) is 0 Å². The summed E-state index contributed by atoms with van der Waals surface area (Å²) in [6.45, 7) is 8.52. The second kappa shape index (κ2) is 22.6. The molecule has 0 saturated heterocycles. The zero-order valence-electron chi connectivity index (χ0n) is 31.7. The molecule has 0 radical (unpaired) electrons. The molecule has 4 aliphatic carbocycles. The molecule has 0 atom stereocenters. The van der Waals surface area contributed by atoms with E-state index in [9.17, 15) is 0 Å². The predicted molar refractivity (Wildman–Crippen MR) is 217 cm³/mol. The lowest BCUT2D eigenvalue weighted by atomic mass is 9.97. The Morgan fingerprint density at radius 2 is 0.620 bits per heavy atom. The van der Waals surface area contributed by atoms with Gasteiger partial charge in [-0.05, 0) is 68.7 Å². The first-order valence-electron chi connectivity index (χ1n) is 17.1. The third-order valence-corrected chi connectivity index (χ3v) is 7.95. The van der Waals surface area contributed by atoms with Gasteiger partial charge in [0.25, 0.3) is 0 Å². The molecule has 5 aromatic carbocycles. The molecule has 4 aliphatic rings. The molecule has 0 saturated carbocycles. The van der Waals surface area contributed by atoms with Crippen LogP contribution < -0.4 is 0 Å². The maximum Gasteiger partial charge on any atom is 0.104 e. The maximum absolute atomic E-state index is 2.28. The Labute approximate surface area is 307 Å². The summed E-state index contributed by atoms with van der Waals surface area (Å²) in [7, 11) is 13.2. The van der Waals surface area contributed by atoms with Crippen molar-refractivity contribution in [1.82, 2.24) is 0 Å². The molecule has 0 spiro atoms. The van der Waals surface area contributed by atoms with Gasteiger partial charge in [0, 0.05) is 12.6 Å². The minimum atomic E-state index is 0. The minimum absolute atomic E-state index is 0. The summed E-state index contributed by atoms with van der Waals surface area (Å²) in [5.41, 5.74) is 12.6. The highest BCUT2D eigenvalue weighted by Gasteiger charge is 2.08. The Morgan fingerprint density at radius 3 is 0.820 bits per heavy atom. The zero-order valence-corrected chi connectivity index (χ0v) is 31.7.